The molecule has 132 valence electrons. The lowest BCUT2D eigenvalue weighted by atomic mass is 10.1. The van der Waals surface area contributed by atoms with Crippen LogP contribution in [-0.4, -0.2) is 47.0 Å². The third-order valence-electron chi connectivity index (χ3n) is 2.66. The van der Waals surface area contributed by atoms with Gasteiger partial charge in [0, 0.05) is 6.54 Å². The minimum absolute atomic E-state index is 0.143. The Morgan fingerprint density at radius 3 is 2.04 bits per heavy atom. The third-order valence-corrected chi connectivity index (χ3v) is 2.66. The molecule has 8 nitrogen and oxygen atoms in total. The number of hydrogen-bond donors (Lipinski definition) is 3. The second-order valence-corrected chi connectivity index (χ2v) is 5.99. The van der Waals surface area contributed by atoms with Crippen molar-refractivity contribution in [3.05, 3.63) is 29.3 Å². The van der Waals surface area contributed by atoms with Gasteiger partial charge in [-0.1, -0.05) is 0 Å². The largest absolute Gasteiger partial charge is 0.493 e. The fourth-order valence-corrected chi connectivity index (χ4v) is 1.70. The number of nitrogens with one attached hydrogen (secondary N) is 1. The number of aromatic carboxylic acids is 2. The van der Waals surface area contributed by atoms with E-state index in [1.807, 2.05) is 0 Å². The summed E-state index contributed by atoms with van der Waals surface area (Å²) in [4.78, 5) is 33.4. The summed E-state index contributed by atoms with van der Waals surface area (Å²) in [5.41, 5.74) is -0.918. The van der Waals surface area contributed by atoms with Gasteiger partial charge < -0.3 is 25.0 Å². The molecule has 1 rings (SSSR count). The van der Waals surface area contributed by atoms with E-state index in [4.69, 9.17) is 19.7 Å². The highest BCUT2D eigenvalue weighted by atomic mass is 16.6. The highest BCUT2D eigenvalue weighted by molar-refractivity contribution is 5.94. The molecule has 0 unspecified atom stereocenters. The van der Waals surface area contributed by atoms with E-state index in [-0.39, 0.29) is 23.5 Å². The van der Waals surface area contributed by atoms with Gasteiger partial charge in [-0.15, -0.1) is 0 Å². The molecule has 1 aromatic rings. The number of hydrogen-bond acceptors (Lipinski definition) is 5. The van der Waals surface area contributed by atoms with Gasteiger partial charge in [0.15, 0.2) is 0 Å². The molecule has 3 N–H and O–H groups in total. The number of ether oxygens (including phenoxy) is 2. The number of carboxylic acid groups (broad SMARTS) is 2. The first-order chi connectivity index (χ1) is 11.1. The molecule has 0 saturated heterocycles. The van der Waals surface area contributed by atoms with Gasteiger partial charge in [-0.3, -0.25) is 0 Å². The van der Waals surface area contributed by atoms with Crippen LogP contribution in [0.4, 0.5) is 4.79 Å². The lowest BCUT2D eigenvalue weighted by Gasteiger charge is -2.19. The summed E-state index contributed by atoms with van der Waals surface area (Å²) in [6.07, 6.45) is -0.0950. The van der Waals surface area contributed by atoms with Gasteiger partial charge >= 0.3 is 18.0 Å². The average Bonchev–Trinajstić information content (AvgIpc) is 2.44. The van der Waals surface area contributed by atoms with Crippen molar-refractivity contribution < 1.29 is 34.1 Å². The molecule has 1 aromatic carbocycles. The quantitative estimate of drug-likeness (QED) is 0.652. The Morgan fingerprint density at radius 1 is 1.04 bits per heavy atom. The molecule has 0 spiro atoms. The number of benzene rings is 1. The average molecular weight is 339 g/mol. The minimum Gasteiger partial charge on any atom is -0.493 e. The summed E-state index contributed by atoms with van der Waals surface area (Å²) in [5.74, 6) is -2.34. The molecule has 0 bridgehead atoms. The highest BCUT2D eigenvalue weighted by Gasteiger charge is 2.15. The van der Waals surface area contributed by atoms with E-state index < -0.39 is 23.6 Å². The van der Waals surface area contributed by atoms with E-state index in [1.165, 1.54) is 12.1 Å². The Balaban J connectivity index is 2.49. The number of carboxylic acids is 2. The second-order valence-electron chi connectivity index (χ2n) is 5.99. The van der Waals surface area contributed by atoms with Gasteiger partial charge in [0.2, 0.25) is 0 Å². The van der Waals surface area contributed by atoms with E-state index in [0.29, 0.717) is 13.0 Å². The van der Waals surface area contributed by atoms with Crippen LogP contribution in [0, 0.1) is 0 Å². The summed E-state index contributed by atoms with van der Waals surface area (Å²) in [6.45, 7) is 5.75. The first-order valence-corrected chi connectivity index (χ1v) is 7.30. The van der Waals surface area contributed by atoms with E-state index in [2.05, 4.69) is 5.32 Å². The first kappa shape index (κ1) is 19.3. The maximum absolute atomic E-state index is 11.4. The van der Waals surface area contributed by atoms with Gasteiger partial charge in [0.1, 0.15) is 11.4 Å². The van der Waals surface area contributed by atoms with Gasteiger partial charge in [-0.05, 0) is 45.4 Å². The molecular formula is C16H21NO7. The number of amides is 1. The zero-order valence-corrected chi connectivity index (χ0v) is 13.8. The Kier molecular flexibility index (Phi) is 6.58. The van der Waals surface area contributed by atoms with Crippen molar-refractivity contribution in [1.82, 2.24) is 5.32 Å². The van der Waals surface area contributed by atoms with Crippen molar-refractivity contribution >= 4 is 18.0 Å². The monoisotopic (exact) mass is 339 g/mol. The maximum Gasteiger partial charge on any atom is 0.407 e. The number of carbonyl (C=O) groups excluding carboxylic acids is 1. The summed E-state index contributed by atoms with van der Waals surface area (Å²) < 4.78 is 10.4. The standard InChI is InChI=1S/C16H21NO7/c1-16(2,3)24-15(22)17-5-4-6-23-12-8-10(13(18)19)7-11(9-12)14(20)21/h7-9H,4-6H2,1-3H3,(H,17,22)(H,18,19)(H,20,21). The van der Waals surface area contributed by atoms with Gasteiger partial charge in [0.05, 0.1) is 17.7 Å². The zero-order valence-electron chi connectivity index (χ0n) is 13.8. The van der Waals surface area contributed by atoms with Crippen molar-refractivity contribution in [1.29, 1.82) is 0 Å². The Bertz CT molecular complexity index is 587. The van der Waals surface area contributed by atoms with E-state index >= 15 is 0 Å². The molecule has 0 atom stereocenters. The molecule has 0 aliphatic carbocycles. The molecule has 0 heterocycles. The maximum atomic E-state index is 11.4. The van der Waals surface area contributed by atoms with Crippen LogP contribution >= 0.6 is 0 Å². The van der Waals surface area contributed by atoms with Crippen LogP contribution < -0.4 is 10.1 Å². The Hall–Kier alpha value is -2.77. The molecule has 0 aromatic heterocycles. The van der Waals surface area contributed by atoms with Crippen LogP contribution in [0.2, 0.25) is 0 Å². The summed E-state index contributed by atoms with van der Waals surface area (Å²) >= 11 is 0. The van der Waals surface area contributed by atoms with Crippen molar-refractivity contribution in [2.45, 2.75) is 32.8 Å². The van der Waals surface area contributed by atoms with Gasteiger partial charge in [-0.2, -0.15) is 0 Å². The Labute approximate surface area is 139 Å². The van der Waals surface area contributed by atoms with Crippen LogP contribution in [0.15, 0.2) is 18.2 Å². The van der Waals surface area contributed by atoms with Crippen molar-refractivity contribution in [3.63, 3.8) is 0 Å². The number of alkyl carbamates (subject to hydrolysis) is 1. The van der Waals surface area contributed by atoms with Crippen LogP contribution in [0.1, 0.15) is 47.9 Å². The zero-order chi connectivity index (χ0) is 18.3. The molecule has 0 radical (unpaired) electrons. The predicted octanol–water partition coefficient (Wildman–Crippen LogP) is 2.38. The molecule has 0 aliphatic rings. The van der Waals surface area contributed by atoms with Crippen molar-refractivity contribution in [2.75, 3.05) is 13.2 Å². The van der Waals surface area contributed by atoms with Crippen molar-refractivity contribution in [3.8, 4) is 5.75 Å². The molecular weight excluding hydrogens is 318 g/mol. The number of rotatable bonds is 7. The van der Waals surface area contributed by atoms with E-state index in [1.54, 1.807) is 20.8 Å². The minimum atomic E-state index is -1.24. The fourth-order valence-electron chi connectivity index (χ4n) is 1.70. The molecule has 0 fully saturated rings. The van der Waals surface area contributed by atoms with E-state index in [9.17, 15) is 14.4 Å². The highest BCUT2D eigenvalue weighted by Crippen LogP contribution is 2.18. The van der Waals surface area contributed by atoms with Crippen LogP contribution in [0.25, 0.3) is 0 Å². The topological polar surface area (TPSA) is 122 Å². The lowest BCUT2D eigenvalue weighted by molar-refractivity contribution is 0.0523. The SMILES string of the molecule is CC(C)(C)OC(=O)NCCCOc1cc(C(=O)O)cc(C(=O)O)c1. The summed E-state index contributed by atoms with van der Waals surface area (Å²) in [7, 11) is 0. The summed E-state index contributed by atoms with van der Waals surface area (Å²) in [6, 6.07) is 3.55. The molecule has 24 heavy (non-hydrogen) atoms. The van der Waals surface area contributed by atoms with Gasteiger partial charge in [0.25, 0.3) is 0 Å². The van der Waals surface area contributed by atoms with Crippen LogP contribution in [0.3, 0.4) is 0 Å². The first-order valence-electron chi connectivity index (χ1n) is 7.30. The van der Waals surface area contributed by atoms with Crippen LogP contribution in [-0.2, 0) is 4.74 Å². The van der Waals surface area contributed by atoms with E-state index in [0.717, 1.165) is 6.07 Å². The lowest BCUT2D eigenvalue weighted by Crippen LogP contribution is -2.33. The molecule has 8 heteroatoms. The van der Waals surface area contributed by atoms with Crippen LogP contribution in [0.5, 0.6) is 5.75 Å². The molecule has 0 saturated carbocycles. The molecule has 0 aliphatic heterocycles. The summed E-state index contributed by atoms with van der Waals surface area (Å²) in [5, 5.41) is 20.5. The smallest absolute Gasteiger partial charge is 0.407 e. The van der Waals surface area contributed by atoms with Crippen molar-refractivity contribution in [2.24, 2.45) is 0 Å². The fraction of sp³-hybridized carbons (Fsp3) is 0.438. The van der Waals surface area contributed by atoms with Gasteiger partial charge in [-0.25, -0.2) is 14.4 Å². The number of carbonyl (C=O) groups is 3. The second kappa shape index (κ2) is 8.19. The normalized spacial score (nSPS) is 10.8. The predicted molar refractivity (Wildman–Crippen MR) is 84.7 cm³/mol. The molecule has 1 amide bonds. The Morgan fingerprint density at radius 2 is 1.58 bits per heavy atom. The third kappa shape index (κ3) is 6.99.